The SMILES string of the molecule is COc1cn2nc(C3CCNCC3)cc2cc1NC(=O)c1coc(-c2cccc(C(F)(F)F)c2)n1. The molecule has 0 unspecified atom stereocenters. The highest BCUT2D eigenvalue weighted by atomic mass is 19.4. The molecule has 3 aromatic heterocycles. The zero-order chi connectivity index (χ0) is 24.6. The van der Waals surface area contributed by atoms with Gasteiger partial charge >= 0.3 is 6.18 Å². The third-order valence-electron chi connectivity index (χ3n) is 5.98. The minimum atomic E-state index is -4.50. The number of amides is 1. The second-order valence-corrected chi connectivity index (χ2v) is 8.29. The second-order valence-electron chi connectivity index (χ2n) is 8.29. The van der Waals surface area contributed by atoms with Crippen LogP contribution in [0.25, 0.3) is 17.0 Å². The first-order valence-corrected chi connectivity index (χ1v) is 11.0. The van der Waals surface area contributed by atoms with E-state index in [0.29, 0.717) is 17.4 Å². The molecule has 0 spiro atoms. The molecule has 35 heavy (non-hydrogen) atoms. The van der Waals surface area contributed by atoms with Crippen LogP contribution < -0.4 is 15.4 Å². The van der Waals surface area contributed by atoms with Crippen LogP contribution in [0.2, 0.25) is 0 Å². The van der Waals surface area contributed by atoms with Gasteiger partial charge in [0, 0.05) is 11.5 Å². The molecule has 0 radical (unpaired) electrons. The number of methoxy groups -OCH3 is 1. The number of ether oxygens (including phenoxy) is 1. The van der Waals surface area contributed by atoms with Gasteiger partial charge in [-0.2, -0.15) is 18.3 Å². The van der Waals surface area contributed by atoms with Crippen molar-refractivity contribution in [3.63, 3.8) is 0 Å². The summed E-state index contributed by atoms with van der Waals surface area (Å²) < 4.78 is 51.5. The molecule has 1 aliphatic heterocycles. The summed E-state index contributed by atoms with van der Waals surface area (Å²) in [5.74, 6) is 0.0794. The summed E-state index contributed by atoms with van der Waals surface area (Å²) in [6, 6.07) is 8.31. The van der Waals surface area contributed by atoms with Gasteiger partial charge in [-0.3, -0.25) is 4.79 Å². The fourth-order valence-corrected chi connectivity index (χ4v) is 4.14. The average Bonchev–Trinajstić information content (AvgIpc) is 3.51. The number of carbonyl (C=O) groups is 1. The van der Waals surface area contributed by atoms with Crippen LogP contribution in [0.1, 0.15) is 40.5 Å². The van der Waals surface area contributed by atoms with Crippen molar-refractivity contribution in [3.05, 3.63) is 65.8 Å². The molecule has 4 aromatic rings. The van der Waals surface area contributed by atoms with Crippen LogP contribution in [0.3, 0.4) is 0 Å². The summed E-state index contributed by atoms with van der Waals surface area (Å²) in [6.07, 6.45) is 0.297. The van der Waals surface area contributed by atoms with Crippen LogP contribution >= 0.6 is 0 Å². The Morgan fingerprint density at radius 1 is 1.23 bits per heavy atom. The van der Waals surface area contributed by atoms with Crippen molar-refractivity contribution in [1.82, 2.24) is 19.9 Å². The quantitative estimate of drug-likeness (QED) is 0.424. The predicted molar refractivity (Wildman–Crippen MR) is 121 cm³/mol. The fraction of sp³-hybridized carbons (Fsp3) is 0.292. The minimum absolute atomic E-state index is 0.0803. The predicted octanol–water partition coefficient (Wildman–Crippen LogP) is 4.74. The maximum Gasteiger partial charge on any atom is 0.416 e. The second kappa shape index (κ2) is 9.06. The number of benzene rings is 1. The molecule has 1 aliphatic rings. The Bertz CT molecular complexity index is 1370. The van der Waals surface area contributed by atoms with Gasteiger partial charge in [-0.05, 0) is 56.3 Å². The number of hydrogen-bond acceptors (Lipinski definition) is 6. The van der Waals surface area contributed by atoms with Gasteiger partial charge in [0.05, 0.1) is 35.8 Å². The zero-order valence-corrected chi connectivity index (χ0v) is 18.7. The minimum Gasteiger partial charge on any atom is -0.493 e. The van der Waals surface area contributed by atoms with Gasteiger partial charge in [0.15, 0.2) is 11.4 Å². The first kappa shape index (κ1) is 22.9. The van der Waals surface area contributed by atoms with Crippen molar-refractivity contribution >= 4 is 17.1 Å². The molecular weight excluding hydrogens is 463 g/mol. The summed E-state index contributed by atoms with van der Waals surface area (Å²) in [4.78, 5) is 16.9. The number of oxazole rings is 1. The average molecular weight is 485 g/mol. The van der Waals surface area contributed by atoms with Gasteiger partial charge in [-0.25, -0.2) is 9.50 Å². The molecule has 0 bridgehead atoms. The maximum absolute atomic E-state index is 13.0. The Balaban J connectivity index is 1.38. The summed E-state index contributed by atoms with van der Waals surface area (Å²) in [5, 5.41) is 10.8. The van der Waals surface area contributed by atoms with Crippen LogP contribution in [0, 0.1) is 0 Å². The molecule has 0 saturated carbocycles. The van der Waals surface area contributed by atoms with E-state index in [1.54, 1.807) is 16.8 Å². The van der Waals surface area contributed by atoms with Crippen LogP contribution in [-0.4, -0.2) is 40.7 Å². The molecule has 1 aromatic carbocycles. The van der Waals surface area contributed by atoms with Crippen LogP contribution in [0.15, 0.2) is 53.3 Å². The lowest BCUT2D eigenvalue weighted by Gasteiger charge is -2.20. The van der Waals surface area contributed by atoms with Crippen LogP contribution in [0.4, 0.5) is 18.9 Å². The number of pyridine rings is 1. The van der Waals surface area contributed by atoms with Crippen molar-refractivity contribution in [2.45, 2.75) is 24.9 Å². The molecular formula is C24H22F3N5O3. The van der Waals surface area contributed by atoms with E-state index in [2.05, 4.69) is 20.7 Å². The maximum atomic E-state index is 13.0. The van der Waals surface area contributed by atoms with Gasteiger partial charge in [0.25, 0.3) is 5.91 Å². The topological polar surface area (TPSA) is 93.7 Å². The standard InChI is InChI=1S/C24H22F3N5O3/c1-34-21-12-32-17(10-18(31-32)14-5-7-28-8-6-14)11-19(21)29-22(33)20-13-35-23(30-20)15-3-2-4-16(9-15)24(25,26)27/h2-4,9-14,28H,5-8H2,1H3,(H,29,33). The lowest BCUT2D eigenvalue weighted by Crippen LogP contribution is -2.26. The Kier molecular flexibility index (Phi) is 5.93. The Hall–Kier alpha value is -3.86. The summed E-state index contributed by atoms with van der Waals surface area (Å²) in [6.45, 7) is 1.90. The number of anilines is 1. The van der Waals surface area contributed by atoms with Crippen molar-refractivity contribution in [2.75, 3.05) is 25.5 Å². The number of halogens is 3. The Morgan fingerprint density at radius 3 is 2.77 bits per heavy atom. The lowest BCUT2D eigenvalue weighted by molar-refractivity contribution is -0.137. The van der Waals surface area contributed by atoms with E-state index in [1.165, 1.54) is 19.2 Å². The van der Waals surface area contributed by atoms with Gasteiger partial charge in [0.1, 0.15) is 6.26 Å². The highest BCUT2D eigenvalue weighted by molar-refractivity contribution is 6.04. The number of alkyl halides is 3. The van der Waals surface area contributed by atoms with Gasteiger partial charge in [-0.1, -0.05) is 6.07 Å². The smallest absolute Gasteiger partial charge is 0.416 e. The third-order valence-corrected chi connectivity index (χ3v) is 5.98. The number of nitrogens with zero attached hydrogens (tertiary/aromatic N) is 3. The largest absolute Gasteiger partial charge is 0.493 e. The van der Waals surface area contributed by atoms with E-state index in [0.717, 1.165) is 55.5 Å². The highest BCUT2D eigenvalue weighted by Gasteiger charge is 2.31. The Morgan fingerprint density at radius 2 is 2.03 bits per heavy atom. The number of rotatable bonds is 5. The molecule has 0 aliphatic carbocycles. The number of piperidine rings is 1. The molecule has 0 atom stereocenters. The number of nitrogens with one attached hydrogen (secondary N) is 2. The normalized spacial score (nSPS) is 14.9. The summed E-state index contributed by atoms with van der Waals surface area (Å²) in [7, 11) is 1.48. The number of aromatic nitrogens is 3. The summed E-state index contributed by atoms with van der Waals surface area (Å²) >= 11 is 0. The monoisotopic (exact) mass is 485 g/mol. The van der Waals surface area contributed by atoms with E-state index >= 15 is 0 Å². The number of carbonyl (C=O) groups excluding carboxylic acids is 1. The number of hydrogen-bond donors (Lipinski definition) is 2. The molecule has 1 amide bonds. The van der Waals surface area contributed by atoms with Gasteiger partial charge in [0.2, 0.25) is 5.89 Å². The highest BCUT2D eigenvalue weighted by Crippen LogP contribution is 2.33. The molecule has 1 saturated heterocycles. The van der Waals surface area contributed by atoms with Crippen LogP contribution in [0.5, 0.6) is 5.75 Å². The third kappa shape index (κ3) is 4.72. The van der Waals surface area contributed by atoms with E-state index in [9.17, 15) is 18.0 Å². The van der Waals surface area contributed by atoms with Crippen molar-refractivity contribution in [3.8, 4) is 17.2 Å². The Labute approximate surface area is 198 Å². The molecule has 1 fully saturated rings. The molecule has 11 heteroatoms. The fourth-order valence-electron chi connectivity index (χ4n) is 4.14. The van der Waals surface area contributed by atoms with Gasteiger partial charge < -0.3 is 19.8 Å². The van der Waals surface area contributed by atoms with Crippen molar-refractivity contribution in [1.29, 1.82) is 0 Å². The van der Waals surface area contributed by atoms with E-state index in [-0.39, 0.29) is 17.1 Å². The zero-order valence-electron chi connectivity index (χ0n) is 18.7. The molecule has 182 valence electrons. The lowest BCUT2D eigenvalue weighted by atomic mass is 9.95. The molecule has 5 rings (SSSR count). The molecule has 2 N–H and O–H groups in total. The number of fused-ring (bicyclic) bond motifs is 1. The van der Waals surface area contributed by atoms with E-state index in [1.807, 2.05) is 6.07 Å². The van der Waals surface area contributed by atoms with E-state index in [4.69, 9.17) is 9.15 Å². The van der Waals surface area contributed by atoms with Gasteiger partial charge in [-0.15, -0.1) is 0 Å². The summed E-state index contributed by atoms with van der Waals surface area (Å²) in [5.41, 5.74) is 1.39. The van der Waals surface area contributed by atoms with E-state index < -0.39 is 17.6 Å². The molecule has 4 heterocycles. The first-order chi connectivity index (χ1) is 16.8. The van der Waals surface area contributed by atoms with Crippen molar-refractivity contribution in [2.24, 2.45) is 0 Å². The first-order valence-electron chi connectivity index (χ1n) is 11.0. The van der Waals surface area contributed by atoms with Crippen molar-refractivity contribution < 1.29 is 27.1 Å². The molecule has 8 nitrogen and oxygen atoms in total. The van der Waals surface area contributed by atoms with Crippen LogP contribution in [-0.2, 0) is 6.18 Å².